The summed E-state index contributed by atoms with van der Waals surface area (Å²) in [6.07, 6.45) is 1.60. The topological polar surface area (TPSA) is 75.6 Å². The van der Waals surface area contributed by atoms with Gasteiger partial charge in [-0.3, -0.25) is 9.59 Å². The molecule has 0 aromatic heterocycles. The Morgan fingerprint density at radius 1 is 1.25 bits per heavy atom. The number of amides is 1. The lowest BCUT2D eigenvalue weighted by Gasteiger charge is -2.08. The number of aliphatic carboxylic acids is 1. The number of carboxylic acid groups (broad SMARTS) is 1. The number of benzene rings is 1. The lowest BCUT2D eigenvalue weighted by Crippen LogP contribution is -2.27. The van der Waals surface area contributed by atoms with E-state index >= 15 is 0 Å². The van der Waals surface area contributed by atoms with Crippen LogP contribution in [0.1, 0.15) is 31.2 Å². The van der Waals surface area contributed by atoms with Gasteiger partial charge in [0.15, 0.2) is 0 Å². The Labute approximate surface area is 118 Å². The van der Waals surface area contributed by atoms with E-state index in [2.05, 4.69) is 5.32 Å². The maximum atomic E-state index is 11.4. The lowest BCUT2D eigenvalue weighted by molar-refractivity contribution is -0.137. The Kier molecular flexibility index (Phi) is 7.17. The van der Waals surface area contributed by atoms with Crippen LogP contribution in [0.3, 0.4) is 0 Å². The zero-order valence-corrected chi connectivity index (χ0v) is 11.7. The van der Waals surface area contributed by atoms with Crippen molar-refractivity contribution < 1.29 is 19.4 Å². The Balaban J connectivity index is 2.06. The fraction of sp³-hybridized carbons (Fsp3) is 0.467. The maximum absolute atomic E-state index is 11.4. The number of rotatable bonds is 9. The number of nitrogens with one attached hydrogen (secondary N) is 1. The van der Waals surface area contributed by atoms with E-state index in [1.165, 1.54) is 0 Å². The molecular formula is C15H21NO4. The highest BCUT2D eigenvalue weighted by atomic mass is 16.5. The molecule has 0 aliphatic carbocycles. The molecule has 1 aromatic rings. The van der Waals surface area contributed by atoms with Gasteiger partial charge >= 0.3 is 5.97 Å². The smallest absolute Gasteiger partial charge is 0.303 e. The number of aryl methyl sites for hydroxylation is 1. The molecule has 0 unspecified atom stereocenters. The second kappa shape index (κ2) is 8.96. The SMILES string of the molecule is Cc1cccc(OCCNC(=O)CCCCC(=O)O)c1. The summed E-state index contributed by atoms with van der Waals surface area (Å²) in [7, 11) is 0. The van der Waals surface area contributed by atoms with Gasteiger partial charge in [-0.15, -0.1) is 0 Å². The third-order valence-corrected chi connectivity index (χ3v) is 2.73. The van der Waals surface area contributed by atoms with Crippen molar-refractivity contribution in [2.75, 3.05) is 13.2 Å². The largest absolute Gasteiger partial charge is 0.492 e. The minimum absolute atomic E-state index is 0.0665. The van der Waals surface area contributed by atoms with Crippen LogP contribution < -0.4 is 10.1 Å². The van der Waals surface area contributed by atoms with Gasteiger partial charge in [0.25, 0.3) is 0 Å². The molecule has 0 fully saturated rings. The molecule has 0 saturated carbocycles. The highest BCUT2D eigenvalue weighted by Gasteiger charge is 2.02. The molecule has 5 nitrogen and oxygen atoms in total. The van der Waals surface area contributed by atoms with Gasteiger partial charge in [0, 0.05) is 12.8 Å². The molecule has 0 radical (unpaired) electrons. The molecule has 110 valence electrons. The van der Waals surface area contributed by atoms with Crippen LogP contribution in [0.25, 0.3) is 0 Å². The Morgan fingerprint density at radius 3 is 2.70 bits per heavy atom. The summed E-state index contributed by atoms with van der Waals surface area (Å²) >= 11 is 0. The fourth-order valence-electron chi connectivity index (χ4n) is 1.71. The van der Waals surface area contributed by atoms with Crippen molar-refractivity contribution in [3.05, 3.63) is 29.8 Å². The van der Waals surface area contributed by atoms with E-state index in [0.29, 0.717) is 32.4 Å². The third-order valence-electron chi connectivity index (χ3n) is 2.73. The molecule has 0 bridgehead atoms. The Morgan fingerprint density at radius 2 is 2.00 bits per heavy atom. The van der Waals surface area contributed by atoms with Gasteiger partial charge in [0.1, 0.15) is 12.4 Å². The molecule has 0 saturated heterocycles. The second-order valence-electron chi connectivity index (χ2n) is 4.62. The molecule has 0 aliphatic heterocycles. The summed E-state index contributed by atoms with van der Waals surface area (Å²) in [6.45, 7) is 2.86. The van der Waals surface area contributed by atoms with E-state index in [4.69, 9.17) is 9.84 Å². The monoisotopic (exact) mass is 279 g/mol. The molecule has 1 amide bonds. The predicted octanol–water partition coefficient (Wildman–Crippen LogP) is 2.14. The molecule has 2 N–H and O–H groups in total. The number of unbranched alkanes of at least 4 members (excludes halogenated alkanes) is 1. The average Bonchev–Trinajstić information content (AvgIpc) is 2.40. The molecule has 5 heteroatoms. The van der Waals surface area contributed by atoms with Crippen molar-refractivity contribution in [1.82, 2.24) is 5.32 Å². The van der Waals surface area contributed by atoms with Crippen molar-refractivity contribution in [3.63, 3.8) is 0 Å². The molecule has 1 rings (SSSR count). The van der Waals surface area contributed by atoms with Crippen LogP contribution in [-0.2, 0) is 9.59 Å². The van der Waals surface area contributed by atoms with Gasteiger partial charge in [0.2, 0.25) is 5.91 Å². The standard InChI is InChI=1S/C15H21NO4/c1-12-5-4-6-13(11-12)20-10-9-16-14(17)7-2-3-8-15(18)19/h4-6,11H,2-3,7-10H2,1H3,(H,16,17)(H,18,19). The first-order chi connectivity index (χ1) is 9.58. The number of carbonyl (C=O) groups is 2. The third kappa shape index (κ3) is 7.41. The molecule has 0 aliphatic rings. The van der Waals surface area contributed by atoms with E-state index in [-0.39, 0.29) is 12.3 Å². The molecular weight excluding hydrogens is 258 g/mol. The molecule has 0 spiro atoms. The maximum Gasteiger partial charge on any atom is 0.303 e. The van der Waals surface area contributed by atoms with Crippen molar-refractivity contribution in [2.45, 2.75) is 32.6 Å². The summed E-state index contributed by atoms with van der Waals surface area (Å²) in [5.41, 5.74) is 1.13. The van der Waals surface area contributed by atoms with Gasteiger partial charge in [-0.2, -0.15) is 0 Å². The van der Waals surface area contributed by atoms with Gasteiger partial charge in [-0.25, -0.2) is 0 Å². The van der Waals surface area contributed by atoms with Crippen LogP contribution in [0.2, 0.25) is 0 Å². The van der Waals surface area contributed by atoms with Crippen LogP contribution in [0.4, 0.5) is 0 Å². The summed E-state index contributed by atoms with van der Waals surface area (Å²) in [4.78, 5) is 21.7. The van der Waals surface area contributed by atoms with Gasteiger partial charge in [-0.1, -0.05) is 12.1 Å². The fourth-order valence-corrected chi connectivity index (χ4v) is 1.71. The van der Waals surface area contributed by atoms with Crippen LogP contribution in [0.15, 0.2) is 24.3 Å². The first kappa shape index (κ1) is 16.0. The first-order valence-electron chi connectivity index (χ1n) is 6.76. The van der Waals surface area contributed by atoms with Crippen LogP contribution in [0.5, 0.6) is 5.75 Å². The predicted molar refractivity (Wildman–Crippen MR) is 75.8 cm³/mol. The van der Waals surface area contributed by atoms with Gasteiger partial charge in [0.05, 0.1) is 6.54 Å². The lowest BCUT2D eigenvalue weighted by atomic mass is 10.2. The van der Waals surface area contributed by atoms with Gasteiger partial charge < -0.3 is 15.2 Å². The number of ether oxygens (including phenoxy) is 1. The second-order valence-corrected chi connectivity index (χ2v) is 4.62. The number of hydrogen-bond donors (Lipinski definition) is 2. The first-order valence-corrected chi connectivity index (χ1v) is 6.76. The highest BCUT2D eigenvalue weighted by molar-refractivity contribution is 5.75. The summed E-state index contributed by atoms with van der Waals surface area (Å²) in [6, 6.07) is 7.73. The van der Waals surface area contributed by atoms with Crippen molar-refractivity contribution in [2.24, 2.45) is 0 Å². The summed E-state index contributed by atoms with van der Waals surface area (Å²) < 4.78 is 5.50. The minimum atomic E-state index is -0.822. The summed E-state index contributed by atoms with van der Waals surface area (Å²) in [5, 5.41) is 11.2. The van der Waals surface area contributed by atoms with Crippen molar-refractivity contribution in [1.29, 1.82) is 0 Å². The highest BCUT2D eigenvalue weighted by Crippen LogP contribution is 2.11. The molecule has 0 heterocycles. The Hall–Kier alpha value is -2.04. The van der Waals surface area contributed by atoms with E-state index in [1.54, 1.807) is 0 Å². The zero-order chi connectivity index (χ0) is 14.8. The normalized spacial score (nSPS) is 10.1. The van der Waals surface area contributed by atoms with E-state index in [0.717, 1.165) is 11.3 Å². The summed E-state index contributed by atoms with van der Waals surface area (Å²) in [5.74, 6) is -0.0964. The average molecular weight is 279 g/mol. The van der Waals surface area contributed by atoms with Crippen molar-refractivity contribution >= 4 is 11.9 Å². The van der Waals surface area contributed by atoms with E-state index in [1.807, 2.05) is 31.2 Å². The zero-order valence-electron chi connectivity index (χ0n) is 11.7. The number of hydrogen-bond acceptors (Lipinski definition) is 3. The molecule has 20 heavy (non-hydrogen) atoms. The van der Waals surface area contributed by atoms with Crippen LogP contribution in [-0.4, -0.2) is 30.1 Å². The molecule has 0 atom stereocenters. The van der Waals surface area contributed by atoms with Gasteiger partial charge in [-0.05, 0) is 37.5 Å². The van der Waals surface area contributed by atoms with E-state index in [9.17, 15) is 9.59 Å². The molecule has 1 aromatic carbocycles. The number of carboxylic acids is 1. The quantitative estimate of drug-likeness (QED) is 0.679. The van der Waals surface area contributed by atoms with E-state index < -0.39 is 5.97 Å². The van der Waals surface area contributed by atoms with Crippen LogP contribution >= 0.6 is 0 Å². The minimum Gasteiger partial charge on any atom is -0.492 e. The Bertz CT molecular complexity index is 445. The van der Waals surface area contributed by atoms with Crippen LogP contribution in [0, 0.1) is 6.92 Å². The number of carbonyl (C=O) groups excluding carboxylic acids is 1. The van der Waals surface area contributed by atoms with Crippen molar-refractivity contribution in [3.8, 4) is 5.75 Å².